The highest BCUT2D eigenvalue weighted by Gasteiger charge is 2.21. The summed E-state index contributed by atoms with van der Waals surface area (Å²) in [5, 5.41) is 19.9. The van der Waals surface area contributed by atoms with Crippen LogP contribution in [0.3, 0.4) is 0 Å². The van der Waals surface area contributed by atoms with Crippen molar-refractivity contribution in [3.8, 4) is 0 Å². The minimum atomic E-state index is -1.06. The van der Waals surface area contributed by atoms with Gasteiger partial charge in [0.05, 0.1) is 0 Å². The topological polar surface area (TPSA) is 116 Å². The average molecular weight is 427 g/mol. The molecule has 7 nitrogen and oxygen atoms in total. The molecule has 0 aliphatic rings. The molecule has 0 aromatic carbocycles. The second kappa shape index (κ2) is 20.4. The fraction of sp³-hybridized carbons (Fsp3) is 0.783. The summed E-state index contributed by atoms with van der Waals surface area (Å²) in [6, 6.07) is -1.03. The lowest BCUT2D eigenvalue weighted by Crippen LogP contribution is -2.46. The Hall–Kier alpha value is -1.89. The summed E-state index contributed by atoms with van der Waals surface area (Å²) in [5.74, 6) is -2.15. The van der Waals surface area contributed by atoms with E-state index in [2.05, 4.69) is 24.4 Å². The van der Waals surface area contributed by atoms with Crippen molar-refractivity contribution in [2.75, 3.05) is 0 Å². The SMILES string of the molecule is CCCCCCCCC=CCCCCCCCC(=O)NC(CCC(=O)O)C(=O)NO. The smallest absolute Gasteiger partial charge is 0.303 e. The first-order chi connectivity index (χ1) is 14.5. The minimum absolute atomic E-state index is 0.0557. The Bertz CT molecular complexity index is 494. The number of unbranched alkanes of at least 4 members (excludes halogenated alkanes) is 11. The van der Waals surface area contributed by atoms with Gasteiger partial charge in [-0.2, -0.15) is 0 Å². The molecule has 0 rings (SSSR count). The molecule has 1 atom stereocenters. The van der Waals surface area contributed by atoms with Crippen molar-refractivity contribution in [1.82, 2.24) is 10.8 Å². The van der Waals surface area contributed by atoms with E-state index >= 15 is 0 Å². The van der Waals surface area contributed by atoms with Gasteiger partial charge in [-0.15, -0.1) is 0 Å². The number of nitrogens with one attached hydrogen (secondary N) is 2. The Labute approximate surface area is 181 Å². The van der Waals surface area contributed by atoms with Crippen molar-refractivity contribution in [3.63, 3.8) is 0 Å². The van der Waals surface area contributed by atoms with E-state index in [9.17, 15) is 14.4 Å². The third-order valence-electron chi connectivity index (χ3n) is 5.07. The lowest BCUT2D eigenvalue weighted by Gasteiger charge is -2.15. The fourth-order valence-electron chi connectivity index (χ4n) is 3.24. The number of hydrogen-bond donors (Lipinski definition) is 4. The zero-order valence-electron chi connectivity index (χ0n) is 18.7. The van der Waals surface area contributed by atoms with E-state index in [4.69, 9.17) is 10.3 Å². The number of carbonyl (C=O) groups is 3. The van der Waals surface area contributed by atoms with E-state index in [0.717, 1.165) is 38.5 Å². The van der Waals surface area contributed by atoms with Gasteiger partial charge in [-0.3, -0.25) is 19.6 Å². The third-order valence-corrected chi connectivity index (χ3v) is 5.07. The van der Waals surface area contributed by atoms with E-state index in [1.54, 1.807) is 0 Å². The number of amides is 2. The van der Waals surface area contributed by atoms with Gasteiger partial charge in [-0.25, -0.2) is 5.48 Å². The summed E-state index contributed by atoms with van der Waals surface area (Å²) >= 11 is 0. The molecule has 0 aromatic heterocycles. The van der Waals surface area contributed by atoms with Gasteiger partial charge in [0.25, 0.3) is 5.91 Å². The molecular weight excluding hydrogens is 384 g/mol. The van der Waals surface area contributed by atoms with E-state index < -0.39 is 17.9 Å². The first kappa shape index (κ1) is 28.1. The number of rotatable bonds is 20. The summed E-state index contributed by atoms with van der Waals surface area (Å²) in [6.45, 7) is 2.24. The molecule has 0 bridgehead atoms. The number of aliphatic carboxylic acids is 1. The summed E-state index contributed by atoms with van der Waals surface area (Å²) in [4.78, 5) is 34.0. The number of carbonyl (C=O) groups excluding carboxylic acids is 2. The van der Waals surface area contributed by atoms with Gasteiger partial charge < -0.3 is 10.4 Å². The van der Waals surface area contributed by atoms with Crippen LogP contribution in [0.15, 0.2) is 12.2 Å². The second-order valence-corrected chi connectivity index (χ2v) is 7.86. The van der Waals surface area contributed by atoms with Gasteiger partial charge in [0, 0.05) is 12.8 Å². The standard InChI is InChI=1S/C23H42N2O5/c1-2-3-4-5-6-7-8-9-10-11-12-13-14-15-16-17-21(26)24-20(23(29)25-30)18-19-22(27)28/h9-10,20,30H,2-8,11-19H2,1H3,(H,24,26)(H,25,29)(H,27,28). The quantitative estimate of drug-likeness (QED) is 0.0958. The van der Waals surface area contributed by atoms with Crippen LogP contribution in [0, 0.1) is 0 Å². The van der Waals surface area contributed by atoms with Gasteiger partial charge in [-0.1, -0.05) is 70.4 Å². The van der Waals surface area contributed by atoms with Crippen molar-refractivity contribution >= 4 is 17.8 Å². The molecule has 30 heavy (non-hydrogen) atoms. The molecule has 0 aliphatic heterocycles. The van der Waals surface area contributed by atoms with Gasteiger partial charge in [0.15, 0.2) is 0 Å². The highest BCUT2D eigenvalue weighted by atomic mass is 16.5. The molecule has 0 saturated heterocycles. The maximum Gasteiger partial charge on any atom is 0.303 e. The Morgan fingerprint density at radius 3 is 1.87 bits per heavy atom. The Morgan fingerprint density at radius 2 is 1.33 bits per heavy atom. The Kier molecular flexibility index (Phi) is 19.1. The predicted molar refractivity (Wildman–Crippen MR) is 118 cm³/mol. The van der Waals surface area contributed by atoms with E-state index in [1.807, 2.05) is 0 Å². The monoisotopic (exact) mass is 426 g/mol. The minimum Gasteiger partial charge on any atom is -0.481 e. The summed E-state index contributed by atoms with van der Waals surface area (Å²) in [6.07, 6.45) is 19.9. The molecule has 7 heteroatoms. The van der Waals surface area contributed by atoms with Crippen LogP contribution in [0.4, 0.5) is 0 Å². The zero-order valence-corrected chi connectivity index (χ0v) is 18.7. The van der Waals surface area contributed by atoms with Crippen molar-refractivity contribution in [1.29, 1.82) is 0 Å². The average Bonchev–Trinajstić information content (AvgIpc) is 2.73. The maximum absolute atomic E-state index is 11.9. The number of carboxylic acids is 1. The third kappa shape index (κ3) is 18.2. The Balaban J connectivity index is 3.63. The van der Waals surface area contributed by atoms with E-state index in [0.29, 0.717) is 6.42 Å². The molecule has 0 heterocycles. The van der Waals surface area contributed by atoms with Crippen molar-refractivity contribution in [2.24, 2.45) is 0 Å². The zero-order chi connectivity index (χ0) is 22.5. The van der Waals surface area contributed by atoms with Crippen molar-refractivity contribution in [2.45, 2.75) is 116 Å². The van der Waals surface area contributed by atoms with Gasteiger partial charge in [0.1, 0.15) is 6.04 Å². The molecule has 2 amide bonds. The molecular formula is C23H42N2O5. The number of allylic oxidation sites excluding steroid dienone is 2. The number of hydrogen-bond acceptors (Lipinski definition) is 4. The second-order valence-electron chi connectivity index (χ2n) is 7.86. The van der Waals surface area contributed by atoms with Gasteiger partial charge in [-0.05, 0) is 38.5 Å². The van der Waals surface area contributed by atoms with Crippen LogP contribution in [0.2, 0.25) is 0 Å². The first-order valence-corrected chi connectivity index (χ1v) is 11.6. The van der Waals surface area contributed by atoms with Gasteiger partial charge >= 0.3 is 5.97 Å². The van der Waals surface area contributed by atoms with Crippen molar-refractivity contribution < 1.29 is 24.7 Å². The lowest BCUT2D eigenvalue weighted by atomic mass is 10.1. The fourth-order valence-corrected chi connectivity index (χ4v) is 3.24. The van der Waals surface area contributed by atoms with E-state index in [1.165, 1.54) is 50.4 Å². The normalized spacial score (nSPS) is 12.1. The van der Waals surface area contributed by atoms with Crippen LogP contribution < -0.4 is 10.8 Å². The molecule has 0 aromatic rings. The van der Waals surface area contributed by atoms with Crippen LogP contribution in [-0.2, 0) is 14.4 Å². The van der Waals surface area contributed by atoms with Crippen LogP contribution >= 0.6 is 0 Å². The Morgan fingerprint density at radius 1 is 0.800 bits per heavy atom. The molecule has 0 fully saturated rings. The van der Waals surface area contributed by atoms with Crippen LogP contribution in [0.5, 0.6) is 0 Å². The molecule has 0 aliphatic carbocycles. The predicted octanol–water partition coefficient (Wildman–Crippen LogP) is 4.88. The molecule has 0 radical (unpaired) electrons. The molecule has 4 N–H and O–H groups in total. The summed E-state index contributed by atoms with van der Waals surface area (Å²) in [7, 11) is 0. The molecule has 1 unspecified atom stereocenters. The van der Waals surface area contributed by atoms with Crippen molar-refractivity contribution in [3.05, 3.63) is 12.2 Å². The van der Waals surface area contributed by atoms with Crippen LogP contribution in [-0.4, -0.2) is 34.1 Å². The van der Waals surface area contributed by atoms with Crippen LogP contribution in [0.1, 0.15) is 110 Å². The summed E-state index contributed by atoms with van der Waals surface area (Å²) in [5.41, 5.74) is 1.46. The van der Waals surface area contributed by atoms with Crippen LogP contribution in [0.25, 0.3) is 0 Å². The molecule has 0 spiro atoms. The highest BCUT2D eigenvalue weighted by molar-refractivity contribution is 5.87. The summed E-state index contributed by atoms with van der Waals surface area (Å²) < 4.78 is 0. The molecule has 174 valence electrons. The maximum atomic E-state index is 11.9. The first-order valence-electron chi connectivity index (χ1n) is 11.6. The van der Waals surface area contributed by atoms with Gasteiger partial charge in [0.2, 0.25) is 5.91 Å². The van der Waals surface area contributed by atoms with E-state index in [-0.39, 0.29) is 18.7 Å². The largest absolute Gasteiger partial charge is 0.481 e. The lowest BCUT2D eigenvalue weighted by molar-refractivity contribution is -0.139. The molecule has 0 saturated carbocycles. The highest BCUT2D eigenvalue weighted by Crippen LogP contribution is 2.10. The number of hydroxylamine groups is 1. The number of carboxylic acid groups (broad SMARTS) is 1.